The first-order valence-corrected chi connectivity index (χ1v) is 7.56. The molecule has 2 fully saturated rings. The number of alkyl halides is 1. The van der Waals surface area contributed by atoms with Crippen molar-refractivity contribution in [3.63, 3.8) is 0 Å². The normalized spacial score (nSPS) is 45.6. The van der Waals surface area contributed by atoms with E-state index < -0.39 is 0 Å². The smallest absolute Gasteiger partial charge is 0.0800 e. The molecule has 5 unspecified atom stereocenters. The lowest BCUT2D eigenvalue weighted by Crippen LogP contribution is -3.14. The van der Waals surface area contributed by atoms with Gasteiger partial charge in [-0.1, -0.05) is 20.3 Å². The molecule has 94 valence electrons. The van der Waals surface area contributed by atoms with Crippen molar-refractivity contribution in [2.45, 2.75) is 51.3 Å². The number of nitrogens with one attached hydrogen (secondary N) is 1. The van der Waals surface area contributed by atoms with Crippen molar-refractivity contribution in [3.05, 3.63) is 0 Å². The van der Waals surface area contributed by atoms with Crippen LogP contribution in [0.25, 0.3) is 0 Å². The Labute approximate surface area is 106 Å². The van der Waals surface area contributed by atoms with Crippen LogP contribution in [-0.2, 0) is 0 Å². The van der Waals surface area contributed by atoms with Crippen LogP contribution in [0.4, 0.5) is 0 Å². The molecule has 0 spiro atoms. The number of quaternary nitrogens is 1. The summed E-state index contributed by atoms with van der Waals surface area (Å²) in [7, 11) is 0. The van der Waals surface area contributed by atoms with Crippen LogP contribution in [0.1, 0.15) is 46.0 Å². The van der Waals surface area contributed by atoms with Crippen molar-refractivity contribution in [2.75, 3.05) is 19.6 Å². The summed E-state index contributed by atoms with van der Waals surface area (Å²) in [6.45, 7) is 9.02. The Morgan fingerprint density at radius 2 is 1.94 bits per heavy atom. The van der Waals surface area contributed by atoms with E-state index in [2.05, 4.69) is 13.8 Å². The standard InChI is InChI=1S/C14H26ClN/c1-11-6-7-16(9-12(11)2)10-13-4-3-5-14(15)8-13/h11-14H,3-10H2,1-2H3/p+1. The number of halogens is 1. The molecule has 16 heavy (non-hydrogen) atoms. The van der Waals surface area contributed by atoms with Gasteiger partial charge in [-0.05, 0) is 31.6 Å². The third kappa shape index (κ3) is 3.37. The van der Waals surface area contributed by atoms with Crippen LogP contribution in [0, 0.1) is 17.8 Å². The summed E-state index contributed by atoms with van der Waals surface area (Å²) in [5, 5.41) is 0.472. The number of rotatable bonds is 2. The molecule has 1 nitrogen and oxygen atoms in total. The van der Waals surface area contributed by atoms with Crippen molar-refractivity contribution in [1.82, 2.24) is 0 Å². The van der Waals surface area contributed by atoms with Crippen LogP contribution in [0.15, 0.2) is 0 Å². The van der Waals surface area contributed by atoms with Crippen LogP contribution in [-0.4, -0.2) is 25.0 Å². The molecule has 2 heteroatoms. The lowest BCUT2D eigenvalue weighted by molar-refractivity contribution is -0.913. The van der Waals surface area contributed by atoms with E-state index in [0.717, 1.165) is 17.8 Å². The van der Waals surface area contributed by atoms with Crippen molar-refractivity contribution < 1.29 is 4.90 Å². The lowest BCUT2D eigenvalue weighted by atomic mass is 9.85. The van der Waals surface area contributed by atoms with Gasteiger partial charge in [-0.25, -0.2) is 0 Å². The minimum Gasteiger partial charge on any atom is -0.334 e. The molecule has 1 aliphatic heterocycles. The Morgan fingerprint density at radius 1 is 1.12 bits per heavy atom. The molecule has 0 radical (unpaired) electrons. The van der Waals surface area contributed by atoms with Gasteiger partial charge < -0.3 is 4.90 Å². The molecule has 5 atom stereocenters. The summed E-state index contributed by atoms with van der Waals surface area (Å²) >= 11 is 6.27. The second-order valence-electron chi connectivity index (χ2n) is 6.28. The second kappa shape index (κ2) is 5.73. The molecule has 1 saturated carbocycles. The van der Waals surface area contributed by atoms with Gasteiger partial charge in [-0.2, -0.15) is 0 Å². The Bertz CT molecular complexity index is 219. The summed E-state index contributed by atoms with van der Waals surface area (Å²) < 4.78 is 0. The Balaban J connectivity index is 1.76. The fourth-order valence-corrected chi connectivity index (χ4v) is 3.89. The van der Waals surface area contributed by atoms with Gasteiger partial charge in [-0.15, -0.1) is 11.6 Å². The van der Waals surface area contributed by atoms with Crippen LogP contribution < -0.4 is 4.90 Å². The summed E-state index contributed by atoms with van der Waals surface area (Å²) in [5.74, 6) is 2.77. The third-order valence-electron chi connectivity index (χ3n) is 4.83. The molecular weight excluding hydrogens is 218 g/mol. The van der Waals surface area contributed by atoms with Crippen LogP contribution in [0.3, 0.4) is 0 Å². The summed E-state index contributed by atoms with van der Waals surface area (Å²) in [6, 6.07) is 0. The first-order valence-electron chi connectivity index (χ1n) is 7.12. The van der Waals surface area contributed by atoms with E-state index >= 15 is 0 Å². The van der Waals surface area contributed by atoms with E-state index in [0.29, 0.717) is 5.38 Å². The highest BCUT2D eigenvalue weighted by Crippen LogP contribution is 2.27. The quantitative estimate of drug-likeness (QED) is 0.712. The SMILES string of the molecule is CC1CC[NH+](CC2CCCC(Cl)C2)CC1C. The average Bonchev–Trinajstić information content (AvgIpc) is 2.24. The highest BCUT2D eigenvalue weighted by molar-refractivity contribution is 6.20. The third-order valence-corrected chi connectivity index (χ3v) is 5.23. The van der Waals surface area contributed by atoms with Gasteiger partial charge in [0.15, 0.2) is 0 Å². The largest absolute Gasteiger partial charge is 0.334 e. The van der Waals surface area contributed by atoms with E-state index in [1.54, 1.807) is 0 Å². The highest BCUT2D eigenvalue weighted by Gasteiger charge is 2.29. The van der Waals surface area contributed by atoms with Crippen molar-refractivity contribution in [1.29, 1.82) is 0 Å². The van der Waals surface area contributed by atoms with Crippen LogP contribution in [0.2, 0.25) is 0 Å². The molecule has 1 saturated heterocycles. The molecule has 1 heterocycles. The first kappa shape index (κ1) is 12.7. The second-order valence-corrected chi connectivity index (χ2v) is 6.90. The molecule has 0 bridgehead atoms. The van der Waals surface area contributed by atoms with Crippen LogP contribution >= 0.6 is 11.6 Å². The Hall–Kier alpha value is 0.250. The Morgan fingerprint density at radius 3 is 2.62 bits per heavy atom. The topological polar surface area (TPSA) is 4.44 Å². The first-order chi connectivity index (χ1) is 7.65. The van der Waals surface area contributed by atoms with Crippen molar-refractivity contribution >= 4 is 11.6 Å². The molecule has 0 aromatic rings. The van der Waals surface area contributed by atoms with Gasteiger partial charge in [0.25, 0.3) is 0 Å². The van der Waals surface area contributed by atoms with Crippen molar-refractivity contribution in [2.24, 2.45) is 17.8 Å². The predicted octanol–water partition coefficient (Wildman–Crippen LogP) is 2.34. The highest BCUT2D eigenvalue weighted by atomic mass is 35.5. The summed E-state index contributed by atoms with van der Waals surface area (Å²) in [5.41, 5.74) is 0. The van der Waals surface area contributed by atoms with Gasteiger partial charge in [0.05, 0.1) is 19.6 Å². The van der Waals surface area contributed by atoms with Crippen LogP contribution in [0.5, 0.6) is 0 Å². The average molecular weight is 245 g/mol. The maximum Gasteiger partial charge on any atom is 0.0800 e. The lowest BCUT2D eigenvalue weighted by Gasteiger charge is -2.35. The fourth-order valence-electron chi connectivity index (χ4n) is 3.48. The predicted molar refractivity (Wildman–Crippen MR) is 70.1 cm³/mol. The number of hydrogen-bond acceptors (Lipinski definition) is 0. The number of hydrogen-bond donors (Lipinski definition) is 1. The molecule has 0 aromatic carbocycles. The number of likely N-dealkylation sites (tertiary alicyclic amines) is 1. The zero-order valence-corrected chi connectivity index (χ0v) is 11.6. The molecule has 2 aliphatic rings. The van der Waals surface area contributed by atoms with Gasteiger partial charge in [-0.3, -0.25) is 0 Å². The molecule has 0 aromatic heterocycles. The van der Waals surface area contributed by atoms with Gasteiger partial charge in [0.2, 0.25) is 0 Å². The van der Waals surface area contributed by atoms with Crippen molar-refractivity contribution in [3.8, 4) is 0 Å². The molecule has 2 rings (SSSR count). The number of piperidine rings is 1. The van der Waals surface area contributed by atoms with E-state index in [4.69, 9.17) is 11.6 Å². The minimum absolute atomic E-state index is 0.472. The van der Waals surface area contributed by atoms with Gasteiger partial charge in [0.1, 0.15) is 0 Å². The summed E-state index contributed by atoms with van der Waals surface area (Å²) in [4.78, 5) is 1.85. The van der Waals surface area contributed by atoms with E-state index in [9.17, 15) is 0 Å². The zero-order valence-electron chi connectivity index (χ0n) is 10.8. The van der Waals surface area contributed by atoms with Gasteiger partial charge >= 0.3 is 0 Å². The molecule has 0 amide bonds. The van der Waals surface area contributed by atoms with E-state index in [1.165, 1.54) is 51.7 Å². The maximum absolute atomic E-state index is 6.27. The monoisotopic (exact) mass is 244 g/mol. The summed E-state index contributed by atoms with van der Waals surface area (Å²) in [6.07, 6.45) is 6.73. The minimum atomic E-state index is 0.472. The molecule has 1 aliphatic carbocycles. The maximum atomic E-state index is 6.27. The van der Waals surface area contributed by atoms with Gasteiger partial charge in [0, 0.05) is 17.2 Å². The zero-order chi connectivity index (χ0) is 11.5. The van der Waals surface area contributed by atoms with E-state index in [-0.39, 0.29) is 0 Å². The molecular formula is C14H27ClN+. The fraction of sp³-hybridized carbons (Fsp3) is 1.00. The van der Waals surface area contributed by atoms with E-state index in [1.807, 2.05) is 4.90 Å². The molecule has 1 N–H and O–H groups in total. The Kier molecular flexibility index (Phi) is 4.55.